The lowest BCUT2D eigenvalue weighted by atomic mass is 9.81. The molecule has 8 nitrogen and oxygen atoms in total. The smallest absolute Gasteiger partial charge is 0.248 e. The number of methoxy groups -OCH3 is 1. The van der Waals surface area contributed by atoms with Crippen LogP contribution in [0.15, 0.2) is 60.7 Å². The third-order valence-electron chi connectivity index (χ3n) is 10.8. The highest BCUT2D eigenvalue weighted by Gasteiger charge is 2.65. The first-order valence-electron chi connectivity index (χ1n) is 16.7. The number of primary amides is 1. The quantitative estimate of drug-likeness (QED) is 0.219. The van der Waals surface area contributed by atoms with Gasteiger partial charge in [0.25, 0.3) is 0 Å². The van der Waals surface area contributed by atoms with Gasteiger partial charge >= 0.3 is 0 Å². The van der Waals surface area contributed by atoms with Gasteiger partial charge in [-0.1, -0.05) is 50.3 Å². The number of nitrogens with zero attached hydrogens (tertiary/aromatic N) is 3. The van der Waals surface area contributed by atoms with E-state index in [-0.39, 0.29) is 30.7 Å². The van der Waals surface area contributed by atoms with E-state index in [2.05, 4.69) is 29.5 Å². The minimum Gasteiger partial charge on any atom is -0.497 e. The standard InChI is InChI=1S/C36H36FN3O4.C2H7NS/c1-44-25-12-14-26-28(16-25)29-17-35(29,34(42)39-19-36(43,20-39)23-8-10-24(37)11-9-23)18-40-30-15-22(33(38)41)7-13-27(30)31(32(26)40)21-5-3-2-4-6-21;1-3(2)4/h7-16,21,29,43H,2-6,17-20H2,1H3,(H2,38,41);4H,1-2H3. The normalized spacial score (nSPS) is 22.4. The molecule has 3 aromatic carbocycles. The first-order valence-corrected chi connectivity index (χ1v) is 17.1. The molecule has 0 bridgehead atoms. The second-order valence-corrected chi connectivity index (χ2v) is 15.0. The molecule has 4 aliphatic rings. The zero-order valence-corrected chi connectivity index (χ0v) is 28.6. The van der Waals surface area contributed by atoms with E-state index in [0.29, 0.717) is 30.0 Å². The summed E-state index contributed by atoms with van der Waals surface area (Å²) in [4.78, 5) is 28.6. The van der Waals surface area contributed by atoms with E-state index in [1.54, 1.807) is 28.4 Å². The van der Waals surface area contributed by atoms with Crippen LogP contribution < -0.4 is 10.5 Å². The van der Waals surface area contributed by atoms with Gasteiger partial charge in [-0.2, -0.15) is 0 Å². The largest absolute Gasteiger partial charge is 0.497 e. The predicted molar refractivity (Wildman–Crippen MR) is 188 cm³/mol. The number of thiol groups is 1. The van der Waals surface area contributed by atoms with Crippen LogP contribution in [0, 0.1) is 11.2 Å². The molecule has 2 amide bonds. The number of halogens is 1. The molecule has 2 unspecified atom stereocenters. The Morgan fingerprint density at radius 2 is 1.69 bits per heavy atom. The summed E-state index contributed by atoms with van der Waals surface area (Å²) in [7, 11) is 5.39. The SMILES string of the molecule is CN(C)S.COc1ccc2c(c1)C1CC1(C(=O)N1CC(O)(c3ccc(F)cc3)C1)Cn1c-2c(C2CCCCC2)c2ccc(C(N)=O)cc21. The van der Waals surface area contributed by atoms with Gasteiger partial charge in [0, 0.05) is 34.5 Å². The molecule has 10 heteroatoms. The highest BCUT2D eigenvalue weighted by Crippen LogP contribution is 2.66. The molecule has 2 aliphatic carbocycles. The third-order valence-corrected chi connectivity index (χ3v) is 10.8. The zero-order valence-electron chi connectivity index (χ0n) is 27.7. The Kier molecular flexibility index (Phi) is 8.33. The highest BCUT2D eigenvalue weighted by molar-refractivity contribution is 7.77. The summed E-state index contributed by atoms with van der Waals surface area (Å²) >= 11 is 3.80. The van der Waals surface area contributed by atoms with Gasteiger partial charge in [0.2, 0.25) is 11.8 Å². The Balaban J connectivity index is 0.000000865. The van der Waals surface area contributed by atoms with Crippen LogP contribution in [-0.4, -0.2) is 65.0 Å². The van der Waals surface area contributed by atoms with E-state index in [4.69, 9.17) is 10.5 Å². The van der Waals surface area contributed by atoms with Gasteiger partial charge in [0.05, 0.1) is 31.3 Å². The molecule has 4 aromatic rings. The number of carbonyl (C=O) groups excluding carboxylic acids is 2. The molecule has 8 rings (SSSR count). The van der Waals surface area contributed by atoms with Crippen molar-refractivity contribution in [3.05, 3.63) is 88.7 Å². The number of hydrogen-bond acceptors (Lipinski definition) is 6. The Bertz CT molecular complexity index is 1890. The number of carbonyl (C=O) groups is 2. The molecule has 48 heavy (non-hydrogen) atoms. The molecule has 2 aliphatic heterocycles. The van der Waals surface area contributed by atoms with Crippen LogP contribution in [0.1, 0.15) is 77.4 Å². The van der Waals surface area contributed by atoms with E-state index in [0.717, 1.165) is 46.3 Å². The summed E-state index contributed by atoms with van der Waals surface area (Å²) in [6.45, 7) is 0.796. The number of benzene rings is 3. The average molecular weight is 671 g/mol. The predicted octanol–water partition coefficient (Wildman–Crippen LogP) is 6.21. The van der Waals surface area contributed by atoms with Gasteiger partial charge in [-0.3, -0.25) is 13.9 Å². The van der Waals surface area contributed by atoms with Gasteiger partial charge in [-0.15, -0.1) is 0 Å². The minimum absolute atomic E-state index is 0.00640. The summed E-state index contributed by atoms with van der Waals surface area (Å²) in [6.07, 6.45) is 6.51. The molecule has 2 atom stereocenters. The van der Waals surface area contributed by atoms with Crippen molar-refractivity contribution in [3.8, 4) is 17.0 Å². The molecule has 3 fully saturated rings. The fourth-order valence-corrected chi connectivity index (χ4v) is 8.42. The Morgan fingerprint density at radius 3 is 2.33 bits per heavy atom. The molecule has 1 saturated heterocycles. The van der Waals surface area contributed by atoms with Crippen molar-refractivity contribution in [2.45, 2.75) is 62.5 Å². The van der Waals surface area contributed by atoms with E-state index >= 15 is 0 Å². The van der Waals surface area contributed by atoms with Crippen molar-refractivity contribution in [2.24, 2.45) is 11.1 Å². The molecule has 1 aromatic heterocycles. The lowest BCUT2D eigenvalue weighted by Crippen LogP contribution is -2.63. The summed E-state index contributed by atoms with van der Waals surface area (Å²) in [5.74, 6) is 0.316. The van der Waals surface area contributed by atoms with E-state index in [1.807, 2.05) is 38.4 Å². The van der Waals surface area contributed by atoms with Crippen LogP contribution in [0.5, 0.6) is 5.75 Å². The lowest BCUT2D eigenvalue weighted by Gasteiger charge is -2.48. The number of amides is 2. The van der Waals surface area contributed by atoms with Crippen LogP contribution in [0.2, 0.25) is 0 Å². The van der Waals surface area contributed by atoms with Gasteiger partial charge in [0.15, 0.2) is 0 Å². The monoisotopic (exact) mass is 670 g/mol. The fraction of sp³-hybridized carbons (Fsp3) is 0.421. The van der Waals surface area contributed by atoms with Crippen molar-refractivity contribution in [2.75, 3.05) is 34.3 Å². The maximum absolute atomic E-state index is 14.5. The Morgan fingerprint density at radius 1 is 1.00 bits per heavy atom. The molecule has 0 spiro atoms. The number of likely N-dealkylation sites (tertiary alicyclic amines) is 1. The van der Waals surface area contributed by atoms with Crippen LogP contribution in [0.4, 0.5) is 4.39 Å². The van der Waals surface area contributed by atoms with Crippen LogP contribution in [0.25, 0.3) is 22.2 Å². The molecular weight excluding hydrogens is 628 g/mol. The number of rotatable bonds is 5. The van der Waals surface area contributed by atoms with Crippen molar-refractivity contribution in [1.29, 1.82) is 0 Å². The van der Waals surface area contributed by atoms with Gasteiger partial charge in [-0.25, -0.2) is 4.39 Å². The molecular formula is C38H43FN4O4S. The Labute approximate surface area is 286 Å². The summed E-state index contributed by atoms with van der Waals surface area (Å²) in [5, 5.41) is 12.4. The van der Waals surface area contributed by atoms with Crippen molar-refractivity contribution in [3.63, 3.8) is 0 Å². The van der Waals surface area contributed by atoms with E-state index < -0.39 is 16.9 Å². The lowest BCUT2D eigenvalue weighted by molar-refractivity contribution is -0.163. The summed E-state index contributed by atoms with van der Waals surface area (Å²) < 4.78 is 23.2. The fourth-order valence-electron chi connectivity index (χ4n) is 8.42. The van der Waals surface area contributed by atoms with Crippen LogP contribution in [0.3, 0.4) is 0 Å². The van der Waals surface area contributed by atoms with Gasteiger partial charge in [-0.05, 0) is 98.4 Å². The molecule has 2 saturated carbocycles. The van der Waals surface area contributed by atoms with Crippen molar-refractivity contribution in [1.82, 2.24) is 13.8 Å². The number of fused-ring (bicyclic) bond motifs is 7. The number of hydrogen-bond donors (Lipinski definition) is 3. The van der Waals surface area contributed by atoms with Crippen molar-refractivity contribution < 1.29 is 23.8 Å². The van der Waals surface area contributed by atoms with E-state index in [9.17, 15) is 19.1 Å². The van der Waals surface area contributed by atoms with Crippen LogP contribution >= 0.6 is 12.8 Å². The van der Waals surface area contributed by atoms with Crippen LogP contribution in [-0.2, 0) is 16.9 Å². The number of ether oxygens (including phenoxy) is 1. The van der Waals surface area contributed by atoms with E-state index in [1.165, 1.54) is 37.0 Å². The van der Waals surface area contributed by atoms with Gasteiger partial charge < -0.3 is 25.0 Å². The molecule has 3 N–H and O–H groups in total. The minimum atomic E-state index is -1.20. The zero-order chi connectivity index (χ0) is 34.0. The number of β-amino-alcohol motifs (C(OH)–C–C–N with tert-alkyl or cyclic N) is 1. The Hall–Kier alpha value is -3.86. The summed E-state index contributed by atoms with van der Waals surface area (Å²) in [6, 6.07) is 17.8. The third kappa shape index (κ3) is 5.47. The first kappa shape index (κ1) is 32.7. The summed E-state index contributed by atoms with van der Waals surface area (Å²) in [5.41, 5.74) is 10.5. The number of aliphatic hydroxyl groups is 1. The maximum atomic E-state index is 14.5. The maximum Gasteiger partial charge on any atom is 0.248 e. The number of aromatic nitrogens is 1. The average Bonchev–Trinajstić information content (AvgIpc) is 3.73. The first-order chi connectivity index (χ1) is 23.0. The highest BCUT2D eigenvalue weighted by atomic mass is 32.1. The second-order valence-electron chi connectivity index (χ2n) is 14.2. The molecule has 252 valence electrons. The topological polar surface area (TPSA) is 101 Å². The molecule has 3 heterocycles. The second kappa shape index (κ2) is 12.2. The number of nitrogens with two attached hydrogens (primary N) is 1. The van der Waals surface area contributed by atoms with Gasteiger partial charge in [0.1, 0.15) is 17.2 Å². The van der Waals surface area contributed by atoms with Crippen molar-refractivity contribution >= 4 is 35.5 Å². The molecule has 0 radical (unpaired) electrons.